The molecule has 2 aliphatic carbocycles. The molecule has 4 atom stereocenters. The molecule has 0 spiro atoms. The minimum absolute atomic E-state index is 0.0262. The molecule has 1 heterocycles. The first-order chi connectivity index (χ1) is 11.1. The molecule has 3 aliphatic rings. The van der Waals surface area contributed by atoms with E-state index in [-0.39, 0.29) is 16.5 Å². The zero-order valence-corrected chi connectivity index (χ0v) is 13.6. The van der Waals surface area contributed by atoms with Crippen LogP contribution in [-0.4, -0.2) is 0 Å². The van der Waals surface area contributed by atoms with Crippen LogP contribution >= 0.6 is 0 Å². The van der Waals surface area contributed by atoms with Gasteiger partial charge in [0.2, 0.25) is 0 Å². The van der Waals surface area contributed by atoms with Crippen LogP contribution in [0.5, 0.6) is 0 Å². The van der Waals surface area contributed by atoms with Gasteiger partial charge in [-0.05, 0) is 48.4 Å². The Balaban J connectivity index is 1.88. The van der Waals surface area contributed by atoms with Gasteiger partial charge in [-0.2, -0.15) is 5.26 Å². The number of hydrogen-bond acceptors (Lipinski definition) is 2. The summed E-state index contributed by atoms with van der Waals surface area (Å²) in [7, 11) is 0. The van der Waals surface area contributed by atoms with Gasteiger partial charge >= 0.3 is 0 Å². The Bertz CT molecular complexity index is 879. The van der Waals surface area contributed by atoms with Gasteiger partial charge in [0, 0.05) is 17.4 Å². The van der Waals surface area contributed by atoms with E-state index in [1.807, 2.05) is 0 Å². The van der Waals surface area contributed by atoms with E-state index < -0.39 is 0 Å². The standard InChI is InChI=1S/C21H20N2/c1-19-14-7-3-4-8-15(14)20(2,23-19)18-13-21(18,11-12-22)17-10-6-5-9-16(17)19/h3-10,18,23H,11,13H2,1-2H3. The fourth-order valence-corrected chi connectivity index (χ4v) is 5.66. The van der Waals surface area contributed by atoms with Gasteiger partial charge in [0.25, 0.3) is 0 Å². The molecule has 2 aromatic carbocycles. The topological polar surface area (TPSA) is 35.8 Å². The summed E-state index contributed by atoms with van der Waals surface area (Å²) in [6.45, 7) is 4.65. The van der Waals surface area contributed by atoms with Crippen molar-refractivity contribution in [1.82, 2.24) is 5.32 Å². The second-order valence-corrected chi connectivity index (χ2v) is 7.79. The van der Waals surface area contributed by atoms with E-state index in [9.17, 15) is 5.26 Å². The van der Waals surface area contributed by atoms with Gasteiger partial charge in [-0.25, -0.2) is 0 Å². The molecule has 1 fully saturated rings. The lowest BCUT2D eigenvalue weighted by Crippen LogP contribution is -2.45. The second kappa shape index (κ2) is 3.86. The summed E-state index contributed by atoms with van der Waals surface area (Å²) < 4.78 is 0. The Hall–Kier alpha value is -2.11. The predicted octanol–water partition coefficient (Wildman–Crippen LogP) is 3.95. The lowest BCUT2D eigenvalue weighted by molar-refractivity contribution is 0.275. The molecule has 5 rings (SSSR count). The summed E-state index contributed by atoms with van der Waals surface area (Å²) in [5.41, 5.74) is 5.36. The zero-order valence-electron chi connectivity index (χ0n) is 13.6. The van der Waals surface area contributed by atoms with Crippen molar-refractivity contribution in [2.24, 2.45) is 5.92 Å². The first-order valence-corrected chi connectivity index (χ1v) is 8.42. The SMILES string of the molecule is CC12NC(C)(c3ccccc31)C1CC1(CC#N)c1ccccc12. The molecule has 2 heteroatoms. The zero-order chi connectivity index (χ0) is 15.9. The van der Waals surface area contributed by atoms with E-state index in [0.29, 0.717) is 12.3 Å². The van der Waals surface area contributed by atoms with Gasteiger partial charge in [0.05, 0.1) is 11.6 Å². The largest absolute Gasteiger partial charge is 0.294 e. The first-order valence-electron chi connectivity index (χ1n) is 8.42. The molecule has 1 saturated carbocycles. The van der Waals surface area contributed by atoms with Crippen LogP contribution < -0.4 is 5.32 Å². The second-order valence-electron chi connectivity index (χ2n) is 7.79. The number of rotatable bonds is 1. The number of nitriles is 1. The monoisotopic (exact) mass is 300 g/mol. The van der Waals surface area contributed by atoms with Crippen molar-refractivity contribution in [2.75, 3.05) is 0 Å². The highest BCUT2D eigenvalue weighted by atomic mass is 15.1. The van der Waals surface area contributed by atoms with Crippen LogP contribution in [0.4, 0.5) is 0 Å². The minimum atomic E-state index is -0.169. The van der Waals surface area contributed by atoms with E-state index in [4.69, 9.17) is 0 Å². The maximum atomic E-state index is 9.47. The number of benzene rings is 2. The average Bonchev–Trinajstić information content (AvgIpc) is 3.26. The molecule has 23 heavy (non-hydrogen) atoms. The van der Waals surface area contributed by atoms with Gasteiger partial charge in [-0.3, -0.25) is 5.32 Å². The summed E-state index contributed by atoms with van der Waals surface area (Å²) in [6, 6.07) is 20.1. The third-order valence-electron chi connectivity index (χ3n) is 6.70. The molecule has 1 aliphatic heterocycles. The minimum Gasteiger partial charge on any atom is -0.294 e. The molecular formula is C21H20N2. The summed E-state index contributed by atoms with van der Waals surface area (Å²) in [4.78, 5) is 0. The molecular weight excluding hydrogens is 280 g/mol. The maximum absolute atomic E-state index is 9.47. The van der Waals surface area contributed by atoms with Crippen LogP contribution in [0.15, 0.2) is 48.5 Å². The van der Waals surface area contributed by atoms with Crippen LogP contribution in [0.25, 0.3) is 0 Å². The van der Waals surface area contributed by atoms with Crippen LogP contribution in [0.2, 0.25) is 0 Å². The highest BCUT2D eigenvalue weighted by Gasteiger charge is 2.69. The average molecular weight is 300 g/mol. The smallest absolute Gasteiger partial charge is 0.0675 e. The van der Waals surface area contributed by atoms with E-state index in [0.717, 1.165) is 6.42 Å². The van der Waals surface area contributed by atoms with Crippen molar-refractivity contribution in [3.8, 4) is 6.07 Å². The van der Waals surface area contributed by atoms with Crippen molar-refractivity contribution < 1.29 is 0 Å². The van der Waals surface area contributed by atoms with E-state index in [1.165, 1.54) is 22.3 Å². The van der Waals surface area contributed by atoms with Gasteiger partial charge < -0.3 is 0 Å². The summed E-state index contributed by atoms with van der Waals surface area (Å²) in [6.07, 6.45) is 1.72. The summed E-state index contributed by atoms with van der Waals surface area (Å²) in [5.74, 6) is 0.487. The van der Waals surface area contributed by atoms with Crippen LogP contribution in [0.3, 0.4) is 0 Å². The quantitative estimate of drug-likeness (QED) is 0.865. The summed E-state index contributed by atoms with van der Waals surface area (Å²) in [5, 5.41) is 13.5. The lowest BCUT2D eigenvalue weighted by Gasteiger charge is -2.32. The third-order valence-corrected chi connectivity index (χ3v) is 6.70. The van der Waals surface area contributed by atoms with Gasteiger partial charge in [-0.15, -0.1) is 0 Å². The molecule has 0 aromatic heterocycles. The van der Waals surface area contributed by atoms with Crippen LogP contribution in [0, 0.1) is 17.2 Å². The number of hydrogen-bond donors (Lipinski definition) is 1. The normalized spacial score (nSPS) is 38.7. The van der Waals surface area contributed by atoms with Crippen molar-refractivity contribution in [1.29, 1.82) is 5.26 Å². The molecule has 4 unspecified atom stereocenters. The molecule has 0 radical (unpaired) electrons. The number of nitrogens with one attached hydrogen (secondary N) is 1. The number of nitrogens with zero attached hydrogens (tertiary/aromatic N) is 1. The van der Waals surface area contributed by atoms with Crippen molar-refractivity contribution in [3.05, 3.63) is 70.8 Å². The highest BCUT2D eigenvalue weighted by Crippen LogP contribution is 2.70. The summed E-state index contributed by atoms with van der Waals surface area (Å²) >= 11 is 0. The van der Waals surface area contributed by atoms with E-state index in [1.54, 1.807) is 0 Å². The first kappa shape index (κ1) is 13.3. The predicted molar refractivity (Wildman–Crippen MR) is 89.8 cm³/mol. The molecule has 1 N–H and O–H groups in total. The Kier molecular flexibility index (Phi) is 2.24. The molecule has 0 saturated heterocycles. The number of fused-ring (bicyclic) bond motifs is 5. The van der Waals surface area contributed by atoms with Crippen LogP contribution in [0.1, 0.15) is 48.9 Å². The van der Waals surface area contributed by atoms with E-state index in [2.05, 4.69) is 73.8 Å². The molecule has 2 nitrogen and oxygen atoms in total. The fraction of sp³-hybridized carbons (Fsp3) is 0.381. The third kappa shape index (κ3) is 1.34. The molecule has 0 amide bonds. The molecule has 114 valence electrons. The van der Waals surface area contributed by atoms with Crippen LogP contribution in [-0.2, 0) is 16.5 Å². The Morgan fingerprint density at radius 1 is 1.00 bits per heavy atom. The highest BCUT2D eigenvalue weighted by molar-refractivity contribution is 5.60. The molecule has 2 aromatic rings. The van der Waals surface area contributed by atoms with Crippen molar-refractivity contribution in [2.45, 2.75) is 43.2 Å². The van der Waals surface area contributed by atoms with Gasteiger partial charge in [-0.1, -0.05) is 48.5 Å². The Morgan fingerprint density at radius 2 is 1.57 bits per heavy atom. The Morgan fingerprint density at radius 3 is 2.22 bits per heavy atom. The maximum Gasteiger partial charge on any atom is 0.0675 e. The van der Waals surface area contributed by atoms with Crippen molar-refractivity contribution >= 4 is 0 Å². The van der Waals surface area contributed by atoms with Gasteiger partial charge in [0.15, 0.2) is 0 Å². The lowest BCUT2D eigenvalue weighted by atomic mass is 9.73. The Labute approximate surface area is 137 Å². The van der Waals surface area contributed by atoms with Crippen molar-refractivity contribution in [3.63, 3.8) is 0 Å². The van der Waals surface area contributed by atoms with Gasteiger partial charge in [0.1, 0.15) is 0 Å². The van der Waals surface area contributed by atoms with E-state index >= 15 is 0 Å². The fourth-order valence-electron chi connectivity index (χ4n) is 5.66. The molecule has 2 bridgehead atoms.